The second kappa shape index (κ2) is 15.4. The van der Waals surface area contributed by atoms with Crippen LogP contribution >= 0.6 is 0 Å². The van der Waals surface area contributed by atoms with Crippen LogP contribution in [0.25, 0.3) is 11.3 Å². The summed E-state index contributed by atoms with van der Waals surface area (Å²) in [6, 6.07) is 5.81. The number of carbonyl (C=O) groups excluding carboxylic acids is 4. The first kappa shape index (κ1) is 37.2. The van der Waals surface area contributed by atoms with Crippen LogP contribution in [-0.4, -0.2) is 96.2 Å². The van der Waals surface area contributed by atoms with E-state index in [0.29, 0.717) is 67.3 Å². The number of rotatable bonds is 9. The van der Waals surface area contributed by atoms with Crippen molar-refractivity contribution < 1.29 is 32.7 Å². The topological polar surface area (TPSA) is 156 Å². The third kappa shape index (κ3) is 7.57. The van der Waals surface area contributed by atoms with E-state index < -0.39 is 29.4 Å². The summed E-state index contributed by atoms with van der Waals surface area (Å²) in [6.07, 6.45) is 11.3. The minimum Gasteiger partial charge on any atom is -0.490 e. The molecule has 3 aliphatic heterocycles. The number of pyridine rings is 1. The zero-order valence-electron chi connectivity index (χ0n) is 31.2. The van der Waals surface area contributed by atoms with E-state index in [1.54, 1.807) is 46.3 Å². The van der Waals surface area contributed by atoms with Crippen LogP contribution in [0.15, 0.2) is 55.2 Å². The highest BCUT2D eigenvalue weighted by Crippen LogP contribution is 2.35. The van der Waals surface area contributed by atoms with E-state index >= 15 is 8.78 Å². The maximum absolute atomic E-state index is 15.3. The Morgan fingerprint density at radius 3 is 2.45 bits per heavy atom. The molecule has 0 aliphatic carbocycles. The van der Waals surface area contributed by atoms with Gasteiger partial charge in [0.25, 0.3) is 5.91 Å². The first-order valence-corrected chi connectivity index (χ1v) is 19.1. The van der Waals surface area contributed by atoms with Gasteiger partial charge in [-0.25, -0.2) is 23.3 Å². The van der Waals surface area contributed by atoms with Crippen LogP contribution in [0.4, 0.5) is 14.5 Å². The van der Waals surface area contributed by atoms with E-state index in [4.69, 9.17) is 9.72 Å². The number of halogens is 2. The van der Waals surface area contributed by atoms with E-state index in [1.807, 2.05) is 24.4 Å². The molecule has 292 valence electrons. The quantitative estimate of drug-likeness (QED) is 0.201. The molecule has 0 saturated carbocycles. The van der Waals surface area contributed by atoms with Crippen LogP contribution < -0.4 is 15.4 Å². The van der Waals surface area contributed by atoms with Crippen molar-refractivity contribution >= 4 is 40.6 Å². The lowest BCUT2D eigenvalue weighted by molar-refractivity contribution is -0.135. The molecule has 1 aromatic carbocycles. The molecule has 3 fully saturated rings. The summed E-state index contributed by atoms with van der Waals surface area (Å²) in [6.45, 7) is 6.39. The standard InChI is InChI=1S/C40H43F2N9O5/c1-23(2)56-34-18-35-45-33(21-50(35)20-29(34)40(55)46-32-19-44-51-11-3-10-43-38(32)51)25-6-12-48(13-7-25)22-37(53)49-14-8-24(9-15-49)27-16-31(42)28(17-30(27)41)26-4-5-36(52)47-39(26)54/h3,10-11,16-21,23-26H,4-9,12-15,22H2,1-2H3,(H,46,55)(H,47,52,54). The number of carbonyl (C=O) groups is 4. The summed E-state index contributed by atoms with van der Waals surface area (Å²) < 4.78 is 39.9. The minimum absolute atomic E-state index is 0.0119. The van der Waals surface area contributed by atoms with Gasteiger partial charge in [-0.15, -0.1) is 0 Å². The number of hydrogen-bond donors (Lipinski definition) is 2. The second-order valence-electron chi connectivity index (χ2n) is 15.2. The van der Waals surface area contributed by atoms with Gasteiger partial charge in [-0.2, -0.15) is 5.10 Å². The fourth-order valence-electron chi connectivity index (χ4n) is 8.12. The van der Waals surface area contributed by atoms with Crippen molar-refractivity contribution in [3.63, 3.8) is 0 Å². The molecule has 4 amide bonds. The summed E-state index contributed by atoms with van der Waals surface area (Å²) >= 11 is 0. The first-order chi connectivity index (χ1) is 27.0. The number of ether oxygens (including phenoxy) is 1. The average Bonchev–Trinajstić information content (AvgIpc) is 3.79. The number of anilines is 1. The van der Waals surface area contributed by atoms with Gasteiger partial charge in [0, 0.05) is 61.8 Å². The van der Waals surface area contributed by atoms with E-state index in [9.17, 15) is 19.2 Å². The number of piperidine rings is 3. The van der Waals surface area contributed by atoms with Crippen LogP contribution in [0, 0.1) is 11.6 Å². The van der Waals surface area contributed by atoms with Crippen molar-refractivity contribution in [2.75, 3.05) is 38.0 Å². The molecule has 0 radical (unpaired) electrons. The number of hydrogen-bond acceptors (Lipinski definition) is 9. The van der Waals surface area contributed by atoms with Crippen LogP contribution in [0.3, 0.4) is 0 Å². The van der Waals surface area contributed by atoms with Gasteiger partial charge in [0.1, 0.15) is 28.7 Å². The number of fused-ring (bicyclic) bond motifs is 2. The van der Waals surface area contributed by atoms with Gasteiger partial charge in [0.2, 0.25) is 17.7 Å². The number of aromatic nitrogens is 5. The molecule has 56 heavy (non-hydrogen) atoms. The minimum atomic E-state index is -0.902. The number of imide groups is 1. The number of amides is 4. The second-order valence-corrected chi connectivity index (χ2v) is 15.2. The molecular formula is C40H43F2N9O5. The Labute approximate surface area is 321 Å². The first-order valence-electron chi connectivity index (χ1n) is 19.1. The van der Waals surface area contributed by atoms with Crippen LogP contribution in [0.5, 0.6) is 5.75 Å². The van der Waals surface area contributed by atoms with Crippen LogP contribution in [0.2, 0.25) is 0 Å². The van der Waals surface area contributed by atoms with Crippen molar-refractivity contribution in [3.05, 3.63) is 89.3 Å². The Morgan fingerprint density at radius 1 is 0.964 bits per heavy atom. The molecule has 16 heteroatoms. The van der Waals surface area contributed by atoms with Crippen LogP contribution in [0.1, 0.15) is 97.3 Å². The van der Waals surface area contributed by atoms with Gasteiger partial charge in [-0.1, -0.05) is 0 Å². The molecule has 2 N–H and O–H groups in total. The highest BCUT2D eigenvalue weighted by atomic mass is 19.1. The Kier molecular flexibility index (Phi) is 10.2. The average molecular weight is 768 g/mol. The molecule has 7 heterocycles. The number of benzene rings is 1. The largest absolute Gasteiger partial charge is 0.490 e. The molecule has 8 rings (SSSR count). The van der Waals surface area contributed by atoms with Crippen molar-refractivity contribution in [2.45, 2.75) is 76.2 Å². The van der Waals surface area contributed by atoms with Gasteiger partial charge >= 0.3 is 0 Å². The fraction of sp³-hybridized carbons (Fsp3) is 0.425. The molecule has 14 nitrogen and oxygen atoms in total. The maximum Gasteiger partial charge on any atom is 0.261 e. The monoisotopic (exact) mass is 767 g/mol. The summed E-state index contributed by atoms with van der Waals surface area (Å²) in [4.78, 5) is 63.9. The number of imidazole rings is 1. The number of likely N-dealkylation sites (tertiary alicyclic amines) is 2. The normalized spacial score (nSPS) is 18.9. The van der Waals surface area contributed by atoms with Gasteiger partial charge < -0.3 is 19.4 Å². The fourth-order valence-corrected chi connectivity index (χ4v) is 8.12. The third-order valence-electron chi connectivity index (χ3n) is 11.1. The van der Waals surface area contributed by atoms with Crippen molar-refractivity contribution in [1.82, 2.24) is 39.1 Å². The Hall–Kier alpha value is -5.77. The summed E-state index contributed by atoms with van der Waals surface area (Å²) in [5, 5.41) is 9.37. The van der Waals surface area contributed by atoms with Crippen LogP contribution in [-0.2, 0) is 14.4 Å². The summed E-state index contributed by atoms with van der Waals surface area (Å²) in [7, 11) is 0. The summed E-state index contributed by atoms with van der Waals surface area (Å²) in [5.74, 6) is -3.16. The molecule has 5 aromatic rings. The van der Waals surface area contributed by atoms with Gasteiger partial charge in [0.05, 0.1) is 36.0 Å². The lowest BCUT2D eigenvalue weighted by atomic mass is 9.85. The molecule has 3 saturated heterocycles. The Balaban J connectivity index is 0.861. The highest BCUT2D eigenvalue weighted by Gasteiger charge is 2.33. The predicted octanol–water partition coefficient (Wildman–Crippen LogP) is 4.80. The number of nitrogens with zero attached hydrogens (tertiary/aromatic N) is 7. The van der Waals surface area contributed by atoms with Crippen molar-refractivity contribution in [1.29, 1.82) is 0 Å². The van der Waals surface area contributed by atoms with Crippen molar-refractivity contribution in [2.24, 2.45) is 0 Å². The predicted molar refractivity (Wildman–Crippen MR) is 200 cm³/mol. The molecule has 0 spiro atoms. The molecule has 0 bridgehead atoms. The van der Waals surface area contributed by atoms with E-state index in [-0.39, 0.29) is 60.3 Å². The van der Waals surface area contributed by atoms with E-state index in [2.05, 4.69) is 25.6 Å². The Bertz CT molecular complexity index is 2330. The third-order valence-corrected chi connectivity index (χ3v) is 11.1. The zero-order valence-corrected chi connectivity index (χ0v) is 31.2. The lowest BCUT2D eigenvalue weighted by Gasteiger charge is -2.36. The lowest BCUT2D eigenvalue weighted by Crippen LogP contribution is -2.45. The molecule has 1 atom stereocenters. The number of nitrogens with one attached hydrogen (secondary N) is 2. The van der Waals surface area contributed by atoms with Gasteiger partial charge in [-0.3, -0.25) is 29.4 Å². The van der Waals surface area contributed by atoms with E-state index in [1.165, 1.54) is 6.07 Å². The molecule has 1 unspecified atom stereocenters. The Morgan fingerprint density at radius 2 is 1.70 bits per heavy atom. The van der Waals surface area contributed by atoms with Gasteiger partial charge in [-0.05, 0) is 88.7 Å². The SMILES string of the molecule is CC(C)Oc1cc2nc(C3CCN(CC(=O)N4CCC(c5cc(F)c(C6CCC(=O)NC6=O)cc5F)CC4)CC3)cn2cc1C(=O)Nc1cnn2cccnc12. The maximum atomic E-state index is 15.3. The zero-order chi connectivity index (χ0) is 39.1. The van der Waals surface area contributed by atoms with E-state index in [0.717, 1.165) is 24.6 Å². The van der Waals surface area contributed by atoms with Crippen molar-refractivity contribution in [3.8, 4) is 5.75 Å². The summed E-state index contributed by atoms with van der Waals surface area (Å²) in [5.41, 5.74) is 3.15. The smallest absolute Gasteiger partial charge is 0.261 e. The molecule has 3 aliphatic rings. The molecular weight excluding hydrogens is 724 g/mol. The molecule has 4 aromatic heterocycles. The highest BCUT2D eigenvalue weighted by molar-refractivity contribution is 6.07. The van der Waals surface area contributed by atoms with Gasteiger partial charge in [0.15, 0.2) is 5.65 Å².